The number of rotatable bonds is 6. The molecule has 1 atom stereocenters. The van der Waals surface area contributed by atoms with Gasteiger partial charge in [0.1, 0.15) is 11.4 Å². The Morgan fingerprint density at radius 3 is 2.41 bits per heavy atom. The van der Waals surface area contributed by atoms with Crippen LogP contribution in [-0.2, 0) is 22.6 Å². The average Bonchev–Trinajstić information content (AvgIpc) is 3.71. The highest BCUT2D eigenvalue weighted by Crippen LogP contribution is 2.55. The maximum absolute atomic E-state index is 15.0. The first-order chi connectivity index (χ1) is 22.4. The third-order valence-electron chi connectivity index (χ3n) is 8.21. The van der Waals surface area contributed by atoms with Crippen molar-refractivity contribution in [2.45, 2.75) is 22.2 Å². The van der Waals surface area contributed by atoms with Gasteiger partial charge in [-0.25, -0.2) is 4.39 Å². The van der Waals surface area contributed by atoms with Gasteiger partial charge in [-0.3, -0.25) is 19.3 Å². The van der Waals surface area contributed by atoms with Crippen LogP contribution in [0.2, 0.25) is 5.02 Å². The minimum absolute atomic E-state index is 0.106. The molecule has 1 unspecified atom stereocenters. The Morgan fingerprint density at radius 2 is 1.59 bits per heavy atom. The number of carbonyl (C=O) groups is 2. The summed E-state index contributed by atoms with van der Waals surface area (Å²) in [6.07, 6.45) is 0. The van der Waals surface area contributed by atoms with Crippen molar-refractivity contribution in [3.63, 3.8) is 0 Å². The molecule has 0 saturated heterocycles. The molecule has 2 aliphatic heterocycles. The highest BCUT2D eigenvalue weighted by molar-refractivity contribution is 8.00. The zero-order chi connectivity index (χ0) is 31.6. The Hall–Kier alpha value is -4.84. The maximum Gasteiger partial charge on any atom is 0.297 e. The maximum atomic E-state index is 15.0. The highest BCUT2D eigenvalue weighted by atomic mass is 35.5. The van der Waals surface area contributed by atoms with Gasteiger partial charge in [-0.2, -0.15) is 0 Å². The normalized spacial score (nSPS) is 16.9. The smallest absolute Gasteiger partial charge is 0.297 e. The van der Waals surface area contributed by atoms with Crippen LogP contribution in [0.5, 0.6) is 0 Å². The average molecular weight is 667 g/mol. The largest absolute Gasteiger partial charge is 0.450 e. The summed E-state index contributed by atoms with van der Waals surface area (Å²) in [5, 5.41) is 9.63. The van der Waals surface area contributed by atoms with Gasteiger partial charge >= 0.3 is 0 Å². The van der Waals surface area contributed by atoms with E-state index in [9.17, 15) is 14.0 Å². The molecule has 46 heavy (non-hydrogen) atoms. The number of aromatic nitrogens is 2. The second kappa shape index (κ2) is 10.9. The summed E-state index contributed by atoms with van der Waals surface area (Å²) in [6, 6.07) is 27.1. The molecule has 226 valence electrons. The molecule has 12 heteroatoms. The SMILES string of the molecule is O=C1c2oc3ccccc3c(=O)c2C2(C(=O)N(Cc3ccccc3F)c3ccccc32)N1c1nnc(SCc2ccccc2Cl)s1. The summed E-state index contributed by atoms with van der Waals surface area (Å²) in [7, 11) is 0. The number of benzene rings is 4. The second-order valence-electron chi connectivity index (χ2n) is 10.7. The summed E-state index contributed by atoms with van der Waals surface area (Å²) >= 11 is 8.84. The van der Waals surface area contributed by atoms with E-state index >= 15 is 4.79 Å². The fourth-order valence-electron chi connectivity index (χ4n) is 6.17. The van der Waals surface area contributed by atoms with Crippen LogP contribution in [0, 0.1) is 5.82 Å². The number of para-hydroxylation sites is 2. The standard InChI is InChI=1S/C34H20ClFN4O4S2/c35-23-13-5-1-10-20(23)18-45-33-38-37-32(46-33)40-30(42)29-27(28(41)21-11-3-8-16-26(21)44-29)34(40)22-12-4-7-15-25(22)39(31(34)43)17-19-9-2-6-14-24(19)36/h1-16H,17-18H2. The van der Waals surface area contributed by atoms with Gasteiger partial charge in [0.25, 0.3) is 11.8 Å². The quantitative estimate of drug-likeness (QED) is 0.137. The Bertz CT molecular complexity index is 2290. The number of amides is 2. The topological polar surface area (TPSA) is 96.6 Å². The van der Waals surface area contributed by atoms with Crippen LogP contribution in [0.3, 0.4) is 0 Å². The van der Waals surface area contributed by atoms with Crippen molar-refractivity contribution >= 4 is 68.3 Å². The first-order valence-electron chi connectivity index (χ1n) is 14.1. The van der Waals surface area contributed by atoms with E-state index in [0.717, 1.165) is 16.9 Å². The first kappa shape index (κ1) is 28.6. The molecule has 0 aliphatic carbocycles. The van der Waals surface area contributed by atoms with Gasteiger partial charge < -0.3 is 9.32 Å². The minimum Gasteiger partial charge on any atom is -0.450 e. The lowest BCUT2D eigenvalue weighted by atomic mass is 9.84. The predicted molar refractivity (Wildman–Crippen MR) is 175 cm³/mol. The van der Waals surface area contributed by atoms with Crippen LogP contribution in [0.15, 0.2) is 111 Å². The van der Waals surface area contributed by atoms with E-state index in [1.54, 1.807) is 72.8 Å². The van der Waals surface area contributed by atoms with Crippen molar-refractivity contribution in [1.29, 1.82) is 0 Å². The Labute approximate surface area is 274 Å². The molecule has 1 spiro atoms. The van der Waals surface area contributed by atoms with E-state index < -0.39 is 28.6 Å². The van der Waals surface area contributed by atoms with Gasteiger partial charge in [-0.15, -0.1) is 10.2 Å². The molecule has 8 rings (SSSR count). The molecular formula is C34H20ClFN4O4S2. The number of fused-ring (bicyclic) bond motifs is 5. The molecule has 0 bridgehead atoms. The molecule has 2 amide bonds. The number of hydrogen-bond donors (Lipinski definition) is 0. The van der Waals surface area contributed by atoms with Gasteiger partial charge in [-0.1, -0.05) is 101 Å². The predicted octanol–water partition coefficient (Wildman–Crippen LogP) is 7.18. The monoisotopic (exact) mass is 666 g/mol. The molecule has 4 heterocycles. The second-order valence-corrected chi connectivity index (χ2v) is 13.3. The van der Waals surface area contributed by atoms with Gasteiger partial charge in [0.05, 0.1) is 23.2 Å². The number of carbonyl (C=O) groups excluding carboxylic acids is 2. The van der Waals surface area contributed by atoms with Crippen molar-refractivity contribution in [3.05, 3.63) is 146 Å². The van der Waals surface area contributed by atoms with E-state index in [-0.39, 0.29) is 39.5 Å². The lowest BCUT2D eigenvalue weighted by molar-refractivity contribution is -0.121. The molecule has 4 aromatic carbocycles. The molecule has 0 fully saturated rings. The molecule has 8 nitrogen and oxygen atoms in total. The number of halogens is 2. The van der Waals surface area contributed by atoms with Crippen LogP contribution in [0.4, 0.5) is 15.2 Å². The van der Waals surface area contributed by atoms with Gasteiger partial charge in [0, 0.05) is 21.9 Å². The van der Waals surface area contributed by atoms with Crippen LogP contribution in [0.25, 0.3) is 11.0 Å². The highest BCUT2D eigenvalue weighted by Gasteiger charge is 2.66. The Balaban J connectivity index is 1.32. The van der Waals surface area contributed by atoms with Crippen molar-refractivity contribution < 1.29 is 18.4 Å². The lowest BCUT2D eigenvalue weighted by Gasteiger charge is -2.32. The van der Waals surface area contributed by atoms with Crippen molar-refractivity contribution in [2.24, 2.45) is 0 Å². The summed E-state index contributed by atoms with van der Waals surface area (Å²) in [5.41, 5.74) is -0.379. The minimum atomic E-state index is -1.97. The molecule has 0 saturated carbocycles. The third-order valence-corrected chi connectivity index (χ3v) is 10.7. The van der Waals surface area contributed by atoms with Crippen LogP contribution in [0.1, 0.15) is 32.8 Å². The van der Waals surface area contributed by atoms with Crippen LogP contribution >= 0.6 is 34.7 Å². The molecule has 0 radical (unpaired) electrons. The molecule has 2 aliphatic rings. The summed E-state index contributed by atoms with van der Waals surface area (Å²) in [5.74, 6) is -1.54. The number of anilines is 2. The third kappa shape index (κ3) is 4.15. The zero-order valence-electron chi connectivity index (χ0n) is 23.6. The summed E-state index contributed by atoms with van der Waals surface area (Å²) < 4.78 is 21.6. The van der Waals surface area contributed by atoms with Crippen molar-refractivity contribution in [2.75, 3.05) is 9.80 Å². The number of nitrogens with zero attached hydrogens (tertiary/aromatic N) is 4. The number of hydrogen-bond acceptors (Lipinski definition) is 8. The van der Waals surface area contributed by atoms with Crippen molar-refractivity contribution in [1.82, 2.24) is 10.2 Å². The van der Waals surface area contributed by atoms with E-state index in [0.29, 0.717) is 26.4 Å². The Kier molecular flexibility index (Phi) is 6.78. The molecule has 2 aromatic heterocycles. The van der Waals surface area contributed by atoms with E-state index in [1.807, 2.05) is 18.2 Å². The summed E-state index contributed by atoms with van der Waals surface area (Å²) in [6.45, 7) is -0.129. The van der Waals surface area contributed by atoms with E-state index in [1.165, 1.54) is 27.6 Å². The molecule has 0 N–H and O–H groups in total. The van der Waals surface area contributed by atoms with Crippen molar-refractivity contribution in [3.8, 4) is 0 Å². The number of thioether (sulfide) groups is 1. The van der Waals surface area contributed by atoms with Gasteiger partial charge in [-0.05, 0) is 35.9 Å². The van der Waals surface area contributed by atoms with Crippen LogP contribution in [-0.4, -0.2) is 22.0 Å². The Morgan fingerprint density at radius 1 is 0.870 bits per heavy atom. The van der Waals surface area contributed by atoms with E-state index in [4.69, 9.17) is 16.0 Å². The zero-order valence-corrected chi connectivity index (χ0v) is 26.0. The fourth-order valence-corrected chi connectivity index (χ4v) is 8.35. The van der Waals surface area contributed by atoms with Gasteiger partial charge in [0.2, 0.25) is 10.9 Å². The fraction of sp³-hybridized carbons (Fsp3) is 0.0882. The molecular weight excluding hydrogens is 647 g/mol. The first-order valence-corrected chi connectivity index (χ1v) is 16.3. The van der Waals surface area contributed by atoms with Gasteiger partial charge in [0.15, 0.2) is 15.3 Å². The lowest BCUT2D eigenvalue weighted by Crippen LogP contribution is -2.53. The van der Waals surface area contributed by atoms with E-state index in [2.05, 4.69) is 10.2 Å². The summed E-state index contributed by atoms with van der Waals surface area (Å²) in [4.78, 5) is 46.4. The molecule has 6 aromatic rings. The van der Waals surface area contributed by atoms with Crippen LogP contribution < -0.4 is 15.2 Å².